The van der Waals surface area contributed by atoms with Gasteiger partial charge in [-0.3, -0.25) is 4.98 Å². The van der Waals surface area contributed by atoms with Gasteiger partial charge in [0.25, 0.3) is 0 Å². The lowest BCUT2D eigenvalue weighted by molar-refractivity contribution is 0.302. The Morgan fingerprint density at radius 3 is 2.65 bits per heavy atom. The number of pyridine rings is 1. The smallest absolute Gasteiger partial charge is 0.142 e. The molecule has 0 atom stereocenters. The molecule has 2 rings (SSSR count). The van der Waals surface area contributed by atoms with Crippen molar-refractivity contribution in [2.75, 3.05) is 0 Å². The topological polar surface area (TPSA) is 34.1 Å². The molecule has 1 heterocycles. The minimum absolute atomic E-state index is 0.419. The third-order valence-electron chi connectivity index (χ3n) is 2.88. The molecule has 0 aliphatic rings. The highest BCUT2D eigenvalue weighted by Crippen LogP contribution is 2.29. The SMILES string of the molecule is CC(C)NCc1cccc(Cl)c1OCc1ccncc1. The minimum atomic E-state index is 0.419. The first-order chi connectivity index (χ1) is 9.66. The molecule has 1 aromatic heterocycles. The first-order valence-electron chi connectivity index (χ1n) is 6.69. The Bertz CT molecular complexity index is 543. The van der Waals surface area contributed by atoms with Crippen LogP contribution in [0.25, 0.3) is 0 Å². The van der Waals surface area contributed by atoms with Crippen LogP contribution in [0.5, 0.6) is 5.75 Å². The first kappa shape index (κ1) is 14.8. The van der Waals surface area contributed by atoms with Crippen LogP contribution in [0.1, 0.15) is 25.0 Å². The summed E-state index contributed by atoms with van der Waals surface area (Å²) in [5.41, 5.74) is 2.14. The third kappa shape index (κ3) is 4.22. The second kappa shape index (κ2) is 7.27. The van der Waals surface area contributed by atoms with Crippen LogP contribution in [-0.2, 0) is 13.2 Å². The van der Waals surface area contributed by atoms with E-state index in [-0.39, 0.29) is 0 Å². The molecule has 0 radical (unpaired) electrons. The molecule has 0 spiro atoms. The van der Waals surface area contributed by atoms with Gasteiger partial charge in [-0.1, -0.05) is 37.6 Å². The van der Waals surface area contributed by atoms with Crippen LogP contribution in [-0.4, -0.2) is 11.0 Å². The summed E-state index contributed by atoms with van der Waals surface area (Å²) in [4.78, 5) is 3.99. The Hall–Kier alpha value is -1.58. The number of halogens is 1. The van der Waals surface area contributed by atoms with Gasteiger partial charge in [0.15, 0.2) is 0 Å². The summed E-state index contributed by atoms with van der Waals surface area (Å²) in [6.45, 7) is 5.45. The van der Waals surface area contributed by atoms with Crippen LogP contribution in [0.3, 0.4) is 0 Å². The highest BCUT2D eigenvalue weighted by Gasteiger charge is 2.09. The van der Waals surface area contributed by atoms with Crippen LogP contribution in [0, 0.1) is 0 Å². The van der Waals surface area contributed by atoms with Crippen molar-refractivity contribution < 1.29 is 4.74 Å². The predicted octanol–water partition coefficient (Wildman–Crippen LogP) is 3.81. The number of rotatable bonds is 6. The molecule has 0 fully saturated rings. The van der Waals surface area contributed by atoms with Crippen molar-refractivity contribution in [3.8, 4) is 5.75 Å². The molecule has 106 valence electrons. The van der Waals surface area contributed by atoms with Gasteiger partial charge in [0.2, 0.25) is 0 Å². The number of para-hydroxylation sites is 1. The molecule has 0 unspecified atom stereocenters. The Morgan fingerprint density at radius 2 is 1.95 bits per heavy atom. The lowest BCUT2D eigenvalue weighted by Crippen LogP contribution is -2.22. The number of hydrogen-bond donors (Lipinski definition) is 1. The molecule has 2 aromatic rings. The van der Waals surface area contributed by atoms with E-state index < -0.39 is 0 Å². The molecular formula is C16H19ClN2O. The Balaban J connectivity index is 2.09. The van der Waals surface area contributed by atoms with E-state index in [1.165, 1.54) is 0 Å². The van der Waals surface area contributed by atoms with Gasteiger partial charge in [-0.15, -0.1) is 0 Å². The molecule has 0 saturated heterocycles. The molecule has 0 amide bonds. The largest absolute Gasteiger partial charge is 0.487 e. The average Bonchev–Trinajstić information content (AvgIpc) is 2.45. The van der Waals surface area contributed by atoms with Crippen LogP contribution in [0.2, 0.25) is 5.02 Å². The van der Waals surface area contributed by atoms with Gasteiger partial charge < -0.3 is 10.1 Å². The summed E-state index contributed by atoms with van der Waals surface area (Å²) < 4.78 is 5.89. The van der Waals surface area contributed by atoms with Gasteiger partial charge in [0.1, 0.15) is 12.4 Å². The second-order valence-electron chi connectivity index (χ2n) is 4.91. The summed E-state index contributed by atoms with van der Waals surface area (Å²) in [7, 11) is 0. The van der Waals surface area contributed by atoms with Crippen LogP contribution < -0.4 is 10.1 Å². The zero-order chi connectivity index (χ0) is 14.4. The van der Waals surface area contributed by atoms with E-state index in [4.69, 9.17) is 16.3 Å². The van der Waals surface area contributed by atoms with Gasteiger partial charge >= 0.3 is 0 Å². The summed E-state index contributed by atoms with van der Waals surface area (Å²) in [6, 6.07) is 10.1. The fourth-order valence-electron chi connectivity index (χ4n) is 1.80. The van der Waals surface area contributed by atoms with Crippen LogP contribution in [0.4, 0.5) is 0 Å². The summed E-state index contributed by atoms with van der Waals surface area (Å²) in [6.07, 6.45) is 3.51. The van der Waals surface area contributed by atoms with Crippen LogP contribution in [0.15, 0.2) is 42.7 Å². The second-order valence-corrected chi connectivity index (χ2v) is 5.32. The van der Waals surface area contributed by atoms with E-state index >= 15 is 0 Å². The van der Waals surface area contributed by atoms with Crippen molar-refractivity contribution in [3.63, 3.8) is 0 Å². The number of ether oxygens (including phenoxy) is 1. The molecule has 3 nitrogen and oxygen atoms in total. The fourth-order valence-corrected chi connectivity index (χ4v) is 2.05. The van der Waals surface area contributed by atoms with E-state index in [0.29, 0.717) is 17.7 Å². The zero-order valence-electron chi connectivity index (χ0n) is 11.8. The van der Waals surface area contributed by atoms with Gasteiger partial charge in [-0.25, -0.2) is 0 Å². The summed E-state index contributed by atoms with van der Waals surface area (Å²) >= 11 is 6.25. The maximum Gasteiger partial charge on any atom is 0.142 e. The van der Waals surface area contributed by atoms with Gasteiger partial charge in [0, 0.05) is 30.5 Å². The normalized spacial score (nSPS) is 10.8. The standard InChI is InChI=1S/C16H19ClN2O/c1-12(2)19-10-14-4-3-5-15(17)16(14)20-11-13-6-8-18-9-7-13/h3-9,12,19H,10-11H2,1-2H3. The lowest BCUT2D eigenvalue weighted by atomic mass is 10.2. The highest BCUT2D eigenvalue weighted by molar-refractivity contribution is 6.32. The van der Waals surface area contributed by atoms with Gasteiger partial charge in [-0.2, -0.15) is 0 Å². The molecule has 0 aliphatic carbocycles. The average molecular weight is 291 g/mol. The van der Waals surface area contributed by atoms with E-state index in [2.05, 4.69) is 24.1 Å². The number of nitrogens with zero attached hydrogens (tertiary/aromatic N) is 1. The minimum Gasteiger partial charge on any atom is -0.487 e. The van der Waals surface area contributed by atoms with Gasteiger partial charge in [-0.05, 0) is 23.8 Å². The number of benzene rings is 1. The number of hydrogen-bond acceptors (Lipinski definition) is 3. The maximum atomic E-state index is 6.25. The quantitative estimate of drug-likeness (QED) is 0.878. The third-order valence-corrected chi connectivity index (χ3v) is 3.18. The number of aromatic nitrogens is 1. The number of nitrogens with one attached hydrogen (secondary N) is 1. The summed E-state index contributed by atoms with van der Waals surface area (Å²) in [5, 5.41) is 4.02. The van der Waals surface area contributed by atoms with Crippen molar-refractivity contribution in [2.24, 2.45) is 0 Å². The maximum absolute atomic E-state index is 6.25. The Labute approximate surface area is 124 Å². The first-order valence-corrected chi connectivity index (χ1v) is 7.07. The van der Waals surface area contributed by atoms with E-state index in [1.54, 1.807) is 12.4 Å². The van der Waals surface area contributed by atoms with Crippen molar-refractivity contribution in [1.29, 1.82) is 0 Å². The van der Waals surface area contributed by atoms with Crippen molar-refractivity contribution in [3.05, 3.63) is 58.9 Å². The van der Waals surface area contributed by atoms with Crippen molar-refractivity contribution in [2.45, 2.75) is 33.0 Å². The highest BCUT2D eigenvalue weighted by atomic mass is 35.5. The van der Waals surface area contributed by atoms with Crippen molar-refractivity contribution in [1.82, 2.24) is 10.3 Å². The van der Waals surface area contributed by atoms with E-state index in [0.717, 1.165) is 23.4 Å². The van der Waals surface area contributed by atoms with Crippen molar-refractivity contribution >= 4 is 11.6 Å². The molecule has 1 aromatic carbocycles. The molecule has 20 heavy (non-hydrogen) atoms. The fraction of sp³-hybridized carbons (Fsp3) is 0.312. The van der Waals surface area contributed by atoms with E-state index in [1.807, 2.05) is 30.3 Å². The molecule has 0 bridgehead atoms. The molecule has 1 N–H and O–H groups in total. The molecule has 4 heteroatoms. The molecule has 0 saturated carbocycles. The molecular weight excluding hydrogens is 272 g/mol. The Morgan fingerprint density at radius 1 is 1.20 bits per heavy atom. The van der Waals surface area contributed by atoms with Gasteiger partial charge in [0.05, 0.1) is 5.02 Å². The van der Waals surface area contributed by atoms with Crippen LogP contribution >= 0.6 is 11.6 Å². The monoisotopic (exact) mass is 290 g/mol. The summed E-state index contributed by atoms with van der Waals surface area (Å²) in [5.74, 6) is 0.749. The predicted molar refractivity (Wildman–Crippen MR) is 82.0 cm³/mol. The lowest BCUT2D eigenvalue weighted by Gasteiger charge is -2.15. The van der Waals surface area contributed by atoms with E-state index in [9.17, 15) is 0 Å². The Kier molecular flexibility index (Phi) is 5.39. The zero-order valence-corrected chi connectivity index (χ0v) is 12.5. The molecule has 0 aliphatic heterocycles.